The first-order valence-corrected chi connectivity index (χ1v) is 17.6. The van der Waals surface area contributed by atoms with Gasteiger partial charge < -0.3 is 26.0 Å². The molecule has 5 N–H and O–H groups in total. The summed E-state index contributed by atoms with van der Waals surface area (Å²) in [5, 5.41) is 50.1. The lowest BCUT2D eigenvalue weighted by Gasteiger charge is -2.32. The Kier molecular flexibility index (Phi) is 16.7. The minimum atomic E-state index is -1.02. The molecule has 0 spiro atoms. The maximum Gasteiger partial charge on any atom is 0.317 e. The van der Waals surface area contributed by atoms with Gasteiger partial charge in [-0.2, -0.15) is 0 Å². The number of nitrogens with one attached hydrogen (secondary N) is 2. The number of aliphatic carboxylic acids is 3. The van der Waals surface area contributed by atoms with Crippen molar-refractivity contribution in [1.29, 1.82) is 0 Å². The molecule has 4 rings (SSSR count). The van der Waals surface area contributed by atoms with Crippen LogP contribution >= 0.6 is 0 Å². The largest absolute Gasteiger partial charge is 0.480 e. The normalized spacial score (nSPS) is 15.4. The number of unbranched alkanes of at least 4 members (excludes halogenated alkanes) is 2. The molecule has 1 aliphatic rings. The van der Waals surface area contributed by atoms with E-state index >= 15 is 0 Å². The van der Waals surface area contributed by atoms with Crippen LogP contribution in [0.15, 0.2) is 42.7 Å². The van der Waals surface area contributed by atoms with Crippen molar-refractivity contribution < 1.29 is 39.3 Å². The van der Waals surface area contributed by atoms with Gasteiger partial charge in [0.15, 0.2) is 0 Å². The van der Waals surface area contributed by atoms with Crippen LogP contribution in [0.1, 0.15) is 25.7 Å². The number of anilines is 1. The molecular weight excluding hydrogens is 704 g/mol. The molecule has 0 saturated carbocycles. The first-order valence-electron chi connectivity index (χ1n) is 17.6. The molecule has 0 atom stereocenters. The third-order valence-corrected chi connectivity index (χ3v) is 8.43. The van der Waals surface area contributed by atoms with Crippen molar-refractivity contribution in [3.63, 3.8) is 0 Å². The van der Waals surface area contributed by atoms with Gasteiger partial charge >= 0.3 is 17.9 Å². The summed E-state index contributed by atoms with van der Waals surface area (Å²) in [7, 11) is 0. The number of amides is 2. The van der Waals surface area contributed by atoms with Gasteiger partial charge in [0, 0.05) is 71.5 Å². The molecular formula is C34H46N12O8. The van der Waals surface area contributed by atoms with Crippen molar-refractivity contribution >= 4 is 35.4 Å². The lowest BCUT2D eigenvalue weighted by atomic mass is 10.2. The van der Waals surface area contributed by atoms with Crippen LogP contribution in [0.25, 0.3) is 23.0 Å². The van der Waals surface area contributed by atoms with Crippen LogP contribution in [0, 0.1) is 0 Å². The summed E-state index contributed by atoms with van der Waals surface area (Å²) in [5.41, 5.74) is 1.51. The second-order valence-electron chi connectivity index (χ2n) is 12.7. The predicted molar refractivity (Wildman–Crippen MR) is 193 cm³/mol. The molecule has 1 aliphatic heterocycles. The van der Waals surface area contributed by atoms with E-state index in [1.54, 1.807) is 45.2 Å². The van der Waals surface area contributed by atoms with E-state index in [9.17, 15) is 39.3 Å². The fourth-order valence-electron chi connectivity index (χ4n) is 5.61. The second kappa shape index (κ2) is 21.8. The van der Waals surface area contributed by atoms with E-state index in [1.807, 2.05) is 11.0 Å². The summed E-state index contributed by atoms with van der Waals surface area (Å²) in [6, 6.07) is 8.69. The first-order chi connectivity index (χ1) is 26.0. The number of hydrogen-bond acceptors (Lipinski definition) is 15. The number of carboxylic acids is 3. The topological polar surface area (TPSA) is 260 Å². The number of aromatic nitrogens is 6. The zero-order chi connectivity index (χ0) is 38.7. The van der Waals surface area contributed by atoms with Crippen LogP contribution in [-0.4, -0.2) is 180 Å². The molecule has 4 heterocycles. The van der Waals surface area contributed by atoms with Crippen molar-refractivity contribution in [1.82, 2.24) is 55.3 Å². The van der Waals surface area contributed by atoms with Gasteiger partial charge in [-0.15, -0.1) is 20.4 Å². The highest BCUT2D eigenvalue weighted by Gasteiger charge is 2.21. The van der Waals surface area contributed by atoms with Crippen LogP contribution in [0.3, 0.4) is 0 Å². The summed E-state index contributed by atoms with van der Waals surface area (Å²) in [6.07, 6.45) is 5.37. The number of hydrogen-bond donors (Lipinski definition) is 5. The quantitative estimate of drug-likeness (QED) is 0.109. The zero-order valence-electron chi connectivity index (χ0n) is 29.9. The molecule has 1 fully saturated rings. The third kappa shape index (κ3) is 15.2. The molecule has 54 heavy (non-hydrogen) atoms. The van der Waals surface area contributed by atoms with E-state index in [-0.39, 0.29) is 50.2 Å². The number of carbonyl (C=O) groups is 5. The third-order valence-electron chi connectivity index (χ3n) is 8.43. The lowest BCUT2D eigenvalue weighted by Crippen LogP contribution is -2.49. The standard InChI is InChI=1S/C34H46N12O8/c47-28(38-25-8-9-27(37-20-25)34-41-39-33(40-42-34)26-6-3-5-10-35-26)7-2-1-4-11-36-29(48)21-43-12-14-44(22-30(49)50)16-18-46(24-32(53)54)19-17-45(15-13-43)23-31(51)52/h3,5-6,8-10,20H,1-2,4,7,11-19,21-24H2,(H,36,48)(H,38,47)(H,49,50)(H,51,52)(H,53,54). The summed E-state index contributed by atoms with van der Waals surface area (Å²) in [5.74, 6) is -2.93. The van der Waals surface area contributed by atoms with Crippen molar-refractivity contribution in [2.24, 2.45) is 0 Å². The van der Waals surface area contributed by atoms with Gasteiger partial charge in [-0.05, 0) is 37.1 Å². The molecule has 20 heteroatoms. The van der Waals surface area contributed by atoms with E-state index < -0.39 is 17.9 Å². The van der Waals surface area contributed by atoms with Crippen molar-refractivity contribution in [2.45, 2.75) is 25.7 Å². The average Bonchev–Trinajstić information content (AvgIpc) is 3.14. The summed E-state index contributed by atoms with van der Waals surface area (Å²) < 4.78 is 0. The smallest absolute Gasteiger partial charge is 0.317 e. The van der Waals surface area contributed by atoms with Crippen molar-refractivity contribution in [2.75, 3.05) is 90.4 Å². The lowest BCUT2D eigenvalue weighted by molar-refractivity contribution is -0.140. The minimum Gasteiger partial charge on any atom is -0.480 e. The molecule has 3 aromatic rings. The fraction of sp³-hybridized carbons (Fsp3) is 0.500. The van der Waals surface area contributed by atoms with Crippen molar-refractivity contribution in [3.8, 4) is 23.0 Å². The molecule has 0 aromatic carbocycles. The molecule has 0 radical (unpaired) electrons. The Morgan fingerprint density at radius 3 is 1.52 bits per heavy atom. The Morgan fingerprint density at radius 1 is 0.574 bits per heavy atom. The highest BCUT2D eigenvalue weighted by molar-refractivity contribution is 5.90. The molecule has 0 bridgehead atoms. The van der Waals surface area contributed by atoms with Gasteiger partial charge in [0.05, 0.1) is 38.1 Å². The number of carboxylic acid groups (broad SMARTS) is 3. The maximum atomic E-state index is 12.9. The van der Waals surface area contributed by atoms with Crippen LogP contribution < -0.4 is 10.6 Å². The second-order valence-corrected chi connectivity index (χ2v) is 12.7. The number of rotatable bonds is 17. The van der Waals surface area contributed by atoms with Crippen LogP contribution in [0.5, 0.6) is 0 Å². The van der Waals surface area contributed by atoms with E-state index in [0.717, 1.165) is 0 Å². The van der Waals surface area contributed by atoms with Crippen LogP contribution in [0.2, 0.25) is 0 Å². The van der Waals surface area contributed by atoms with Gasteiger partial charge in [-0.1, -0.05) is 12.5 Å². The minimum absolute atomic E-state index is 0.0395. The highest BCUT2D eigenvalue weighted by atomic mass is 16.4. The maximum absolute atomic E-state index is 12.9. The van der Waals surface area contributed by atoms with E-state index in [2.05, 4.69) is 41.0 Å². The predicted octanol–water partition coefficient (Wildman–Crippen LogP) is -0.519. The van der Waals surface area contributed by atoms with Crippen LogP contribution in [-0.2, 0) is 24.0 Å². The van der Waals surface area contributed by atoms with Gasteiger partial charge in [-0.3, -0.25) is 53.5 Å². The molecule has 20 nitrogen and oxygen atoms in total. The summed E-state index contributed by atoms with van der Waals surface area (Å²) in [4.78, 5) is 75.1. The molecule has 0 aliphatic carbocycles. The molecule has 0 unspecified atom stereocenters. The SMILES string of the molecule is O=C(O)CN1CCN(CC(=O)O)CCN(CC(=O)NCCCCCC(=O)Nc2ccc(-c3nnc(-c4ccccn4)nn3)nc2)CCN(CC(=O)O)CC1. The Hall–Kier alpha value is -5.57. The molecule has 3 aromatic heterocycles. The Labute approximate surface area is 311 Å². The summed E-state index contributed by atoms with van der Waals surface area (Å²) >= 11 is 0. The van der Waals surface area contributed by atoms with Crippen LogP contribution in [0.4, 0.5) is 5.69 Å². The number of nitrogens with zero attached hydrogens (tertiary/aromatic N) is 10. The zero-order valence-corrected chi connectivity index (χ0v) is 29.9. The fourth-order valence-corrected chi connectivity index (χ4v) is 5.61. The highest BCUT2D eigenvalue weighted by Crippen LogP contribution is 2.15. The van der Waals surface area contributed by atoms with Gasteiger partial charge in [-0.25, -0.2) is 0 Å². The number of pyridine rings is 2. The van der Waals surface area contributed by atoms with Crippen molar-refractivity contribution in [3.05, 3.63) is 42.7 Å². The Bertz CT molecular complexity index is 1640. The molecule has 2 amide bonds. The monoisotopic (exact) mass is 750 g/mol. The molecule has 1 saturated heterocycles. The number of carbonyl (C=O) groups excluding carboxylic acids is 2. The Morgan fingerprint density at radius 2 is 1.07 bits per heavy atom. The van der Waals surface area contributed by atoms with Gasteiger partial charge in [0.25, 0.3) is 0 Å². The van der Waals surface area contributed by atoms with Gasteiger partial charge in [0.2, 0.25) is 23.5 Å². The average molecular weight is 751 g/mol. The first kappa shape index (κ1) is 41.2. The van der Waals surface area contributed by atoms with Gasteiger partial charge in [0.1, 0.15) is 11.4 Å². The molecule has 290 valence electrons. The Balaban J connectivity index is 1.17. The van der Waals surface area contributed by atoms with E-state index in [0.29, 0.717) is 101 Å². The van der Waals surface area contributed by atoms with E-state index in [4.69, 9.17) is 0 Å². The summed E-state index contributed by atoms with van der Waals surface area (Å²) in [6.45, 7) is 2.29. The van der Waals surface area contributed by atoms with E-state index in [1.165, 1.54) is 6.20 Å².